The van der Waals surface area contributed by atoms with Crippen molar-refractivity contribution in [2.24, 2.45) is 5.73 Å². The highest BCUT2D eigenvalue weighted by atomic mass is 19.1. The Hall–Kier alpha value is -2.11. The number of hydrogen-bond donors (Lipinski definition) is 3. The number of carbonyl (C=O) groups excluding carboxylic acids is 2. The molecule has 2 amide bonds. The molecular weight excluding hydrogens is 225 g/mol. The fraction of sp³-hybridized carbons (Fsp3) is 0.273. The van der Waals surface area contributed by atoms with Gasteiger partial charge in [0.05, 0.1) is 5.56 Å². The Balaban J connectivity index is 2.73. The van der Waals surface area contributed by atoms with Gasteiger partial charge < -0.3 is 16.8 Å². The van der Waals surface area contributed by atoms with E-state index in [9.17, 15) is 14.0 Å². The van der Waals surface area contributed by atoms with Crippen molar-refractivity contribution >= 4 is 17.5 Å². The third-order valence-electron chi connectivity index (χ3n) is 2.12. The van der Waals surface area contributed by atoms with Crippen LogP contribution in [0.3, 0.4) is 0 Å². The summed E-state index contributed by atoms with van der Waals surface area (Å²) in [5.41, 5.74) is 10.5. The minimum atomic E-state index is -0.700. The standard InChI is InChI=1S/C11H14FN3O2/c1-6(4-10(14)16)15-11(17)8-3-2-7(13)5-9(8)12/h2-3,5-6H,4,13H2,1H3,(H2,14,16)(H,15,17). The average Bonchev–Trinajstić information content (AvgIpc) is 2.15. The summed E-state index contributed by atoms with van der Waals surface area (Å²) in [4.78, 5) is 22.2. The van der Waals surface area contributed by atoms with Crippen molar-refractivity contribution < 1.29 is 14.0 Å². The minimum Gasteiger partial charge on any atom is -0.399 e. The Morgan fingerprint density at radius 1 is 1.47 bits per heavy atom. The lowest BCUT2D eigenvalue weighted by atomic mass is 10.1. The highest BCUT2D eigenvalue weighted by Crippen LogP contribution is 2.11. The Labute approximate surface area is 98.0 Å². The molecule has 1 atom stereocenters. The molecule has 0 aromatic heterocycles. The van der Waals surface area contributed by atoms with Crippen molar-refractivity contribution in [3.63, 3.8) is 0 Å². The molecule has 0 saturated carbocycles. The number of nitrogens with two attached hydrogens (primary N) is 2. The van der Waals surface area contributed by atoms with Crippen molar-refractivity contribution in [2.45, 2.75) is 19.4 Å². The number of primary amides is 1. The zero-order chi connectivity index (χ0) is 13.0. The van der Waals surface area contributed by atoms with Gasteiger partial charge in [0.1, 0.15) is 5.82 Å². The number of carbonyl (C=O) groups is 2. The van der Waals surface area contributed by atoms with E-state index in [2.05, 4.69) is 5.32 Å². The van der Waals surface area contributed by atoms with Crippen molar-refractivity contribution in [3.8, 4) is 0 Å². The normalized spacial score (nSPS) is 11.9. The summed E-state index contributed by atoms with van der Waals surface area (Å²) >= 11 is 0. The maximum Gasteiger partial charge on any atom is 0.254 e. The van der Waals surface area contributed by atoms with E-state index in [-0.39, 0.29) is 17.7 Å². The van der Waals surface area contributed by atoms with E-state index in [1.165, 1.54) is 12.1 Å². The van der Waals surface area contributed by atoms with Crippen LogP contribution in [0.1, 0.15) is 23.7 Å². The predicted molar refractivity (Wildman–Crippen MR) is 61.6 cm³/mol. The zero-order valence-corrected chi connectivity index (χ0v) is 9.37. The molecule has 17 heavy (non-hydrogen) atoms. The maximum absolute atomic E-state index is 13.4. The van der Waals surface area contributed by atoms with Gasteiger partial charge in [-0.05, 0) is 25.1 Å². The fourth-order valence-corrected chi connectivity index (χ4v) is 1.37. The van der Waals surface area contributed by atoms with Gasteiger partial charge in [0.25, 0.3) is 5.91 Å². The largest absolute Gasteiger partial charge is 0.399 e. The summed E-state index contributed by atoms with van der Waals surface area (Å²) in [7, 11) is 0. The quantitative estimate of drug-likeness (QED) is 0.663. The second-order valence-corrected chi connectivity index (χ2v) is 3.78. The van der Waals surface area contributed by atoms with Gasteiger partial charge in [-0.25, -0.2) is 4.39 Å². The Kier molecular flexibility index (Phi) is 4.03. The second-order valence-electron chi connectivity index (χ2n) is 3.78. The molecule has 1 rings (SSSR count). The molecule has 0 spiro atoms. The van der Waals surface area contributed by atoms with Crippen LogP contribution in [0.4, 0.5) is 10.1 Å². The highest BCUT2D eigenvalue weighted by molar-refractivity contribution is 5.95. The molecule has 5 nitrogen and oxygen atoms in total. The van der Waals surface area contributed by atoms with Crippen LogP contribution in [0, 0.1) is 5.82 Å². The molecule has 0 fully saturated rings. The van der Waals surface area contributed by atoms with Crippen LogP contribution in [-0.4, -0.2) is 17.9 Å². The summed E-state index contributed by atoms with van der Waals surface area (Å²) in [5.74, 6) is -1.83. The number of halogens is 1. The molecule has 92 valence electrons. The SMILES string of the molecule is CC(CC(N)=O)NC(=O)c1ccc(N)cc1F. The van der Waals surface area contributed by atoms with Crippen LogP contribution in [0.5, 0.6) is 0 Å². The molecule has 0 bridgehead atoms. The summed E-state index contributed by atoms with van der Waals surface area (Å²) in [6.45, 7) is 1.61. The lowest BCUT2D eigenvalue weighted by molar-refractivity contribution is -0.118. The zero-order valence-electron chi connectivity index (χ0n) is 9.37. The molecule has 0 radical (unpaired) electrons. The summed E-state index contributed by atoms with van der Waals surface area (Å²) in [5, 5.41) is 2.47. The van der Waals surface area contributed by atoms with Crippen LogP contribution in [0.25, 0.3) is 0 Å². The number of amides is 2. The molecule has 0 aliphatic rings. The Bertz CT molecular complexity index is 448. The van der Waals surface area contributed by atoms with Crippen molar-refractivity contribution in [3.05, 3.63) is 29.6 Å². The highest BCUT2D eigenvalue weighted by Gasteiger charge is 2.15. The number of nitrogens with one attached hydrogen (secondary N) is 1. The van der Waals surface area contributed by atoms with Crippen LogP contribution < -0.4 is 16.8 Å². The van der Waals surface area contributed by atoms with Crippen LogP contribution in [0.15, 0.2) is 18.2 Å². The number of anilines is 1. The van der Waals surface area contributed by atoms with Gasteiger partial charge in [-0.15, -0.1) is 0 Å². The van der Waals surface area contributed by atoms with Gasteiger partial charge >= 0.3 is 0 Å². The monoisotopic (exact) mass is 239 g/mol. The van der Waals surface area contributed by atoms with Gasteiger partial charge in [0, 0.05) is 18.2 Å². The minimum absolute atomic E-state index is 0.00231. The summed E-state index contributed by atoms with van der Waals surface area (Å²) in [6, 6.07) is 3.33. The molecule has 0 aliphatic carbocycles. The van der Waals surface area contributed by atoms with Gasteiger partial charge in [-0.3, -0.25) is 9.59 Å². The van der Waals surface area contributed by atoms with Gasteiger partial charge in [-0.1, -0.05) is 0 Å². The second kappa shape index (κ2) is 5.29. The molecule has 1 aromatic rings. The van der Waals surface area contributed by atoms with Crippen LogP contribution >= 0.6 is 0 Å². The molecule has 0 heterocycles. The van der Waals surface area contributed by atoms with Crippen molar-refractivity contribution in [1.29, 1.82) is 0 Å². The van der Waals surface area contributed by atoms with E-state index < -0.39 is 23.7 Å². The first-order chi connectivity index (χ1) is 7.90. The van der Waals surface area contributed by atoms with Crippen molar-refractivity contribution in [1.82, 2.24) is 5.32 Å². The Morgan fingerprint density at radius 2 is 2.12 bits per heavy atom. The third kappa shape index (κ3) is 3.75. The summed E-state index contributed by atoms with van der Waals surface area (Å²) in [6.07, 6.45) is 0.00231. The molecule has 1 unspecified atom stereocenters. The topological polar surface area (TPSA) is 98.2 Å². The van der Waals surface area contributed by atoms with Crippen LogP contribution in [0.2, 0.25) is 0 Å². The Morgan fingerprint density at radius 3 is 2.65 bits per heavy atom. The lowest BCUT2D eigenvalue weighted by Crippen LogP contribution is -2.36. The molecular formula is C11H14FN3O2. The van der Waals surface area contributed by atoms with E-state index in [4.69, 9.17) is 11.5 Å². The van der Waals surface area contributed by atoms with E-state index in [0.29, 0.717) is 0 Å². The number of benzene rings is 1. The average molecular weight is 239 g/mol. The van der Waals surface area contributed by atoms with E-state index >= 15 is 0 Å². The molecule has 0 saturated heterocycles. The molecule has 0 aliphatic heterocycles. The number of hydrogen-bond acceptors (Lipinski definition) is 3. The predicted octanol–water partition coefficient (Wildman–Crippen LogP) is 0.402. The van der Waals surface area contributed by atoms with Gasteiger partial charge in [0.15, 0.2) is 0 Å². The number of nitrogen functional groups attached to an aromatic ring is 1. The van der Waals surface area contributed by atoms with E-state index in [1.54, 1.807) is 6.92 Å². The van der Waals surface area contributed by atoms with Gasteiger partial charge in [-0.2, -0.15) is 0 Å². The molecule has 5 N–H and O–H groups in total. The van der Waals surface area contributed by atoms with Gasteiger partial charge in [0.2, 0.25) is 5.91 Å². The number of rotatable bonds is 4. The fourth-order valence-electron chi connectivity index (χ4n) is 1.37. The summed E-state index contributed by atoms with van der Waals surface area (Å²) < 4.78 is 13.4. The van der Waals surface area contributed by atoms with Crippen LogP contribution in [-0.2, 0) is 4.79 Å². The molecule has 1 aromatic carbocycles. The first-order valence-corrected chi connectivity index (χ1v) is 5.04. The lowest BCUT2D eigenvalue weighted by Gasteiger charge is -2.12. The smallest absolute Gasteiger partial charge is 0.254 e. The van der Waals surface area contributed by atoms with E-state index in [0.717, 1.165) is 6.07 Å². The first-order valence-electron chi connectivity index (χ1n) is 5.04. The molecule has 6 heteroatoms. The van der Waals surface area contributed by atoms with E-state index in [1.807, 2.05) is 0 Å². The first kappa shape index (κ1) is 13.0. The maximum atomic E-state index is 13.4. The van der Waals surface area contributed by atoms with Crippen molar-refractivity contribution in [2.75, 3.05) is 5.73 Å². The third-order valence-corrected chi connectivity index (χ3v) is 2.12.